The fourth-order valence-electron chi connectivity index (χ4n) is 3.85. The average Bonchev–Trinajstić information content (AvgIpc) is 3.32. The molecular weight excluding hydrogens is 495 g/mol. The molecule has 0 saturated carbocycles. The second-order valence-electron chi connectivity index (χ2n) is 8.67. The van der Waals surface area contributed by atoms with E-state index in [4.69, 9.17) is 29.5 Å². The van der Waals surface area contributed by atoms with Crippen molar-refractivity contribution in [1.29, 1.82) is 5.26 Å². The second kappa shape index (κ2) is 11.9. The molecule has 0 radical (unpaired) electrons. The number of hydrogen-bond donors (Lipinski definition) is 2. The number of nitrogen functional groups attached to an aromatic ring is 1. The van der Waals surface area contributed by atoms with Crippen LogP contribution in [0.5, 0.6) is 0 Å². The van der Waals surface area contributed by atoms with Crippen LogP contribution in [0.1, 0.15) is 53.7 Å². The van der Waals surface area contributed by atoms with Crippen LogP contribution in [-0.4, -0.2) is 78.3 Å². The molecule has 16 heteroatoms. The summed E-state index contributed by atoms with van der Waals surface area (Å²) in [6.45, 7) is 9.34. The number of nitrogens with zero attached hydrogens (tertiary/aromatic N) is 7. The van der Waals surface area contributed by atoms with Crippen LogP contribution in [0.4, 0.5) is 5.82 Å². The van der Waals surface area contributed by atoms with Crippen molar-refractivity contribution in [2.24, 2.45) is 0 Å². The van der Waals surface area contributed by atoms with E-state index in [0.717, 1.165) is 4.68 Å². The quantitative estimate of drug-likeness (QED) is 0.184. The van der Waals surface area contributed by atoms with Gasteiger partial charge in [0.05, 0.1) is 25.2 Å². The maximum Gasteiger partial charge on any atom is 0.302 e. The van der Waals surface area contributed by atoms with Crippen LogP contribution in [0.2, 0.25) is 0 Å². The number of carbonyl (C=O) groups is 1. The molecule has 0 aromatic carbocycles. The smallest absolute Gasteiger partial charge is 0.302 e. The maximum atomic E-state index is 13.0. The Morgan fingerprint density at radius 1 is 1.39 bits per heavy atom. The number of rotatable bonds is 11. The molecule has 0 aliphatic carbocycles. The van der Waals surface area contributed by atoms with Gasteiger partial charge < -0.3 is 29.5 Å². The molecule has 1 saturated heterocycles. The summed E-state index contributed by atoms with van der Waals surface area (Å²) in [5.41, 5.74) is 4.65. The first-order valence-electron chi connectivity index (χ1n) is 11.4. The number of carbonyl (C=O) groups excluding carboxylic acids is 1. The summed E-state index contributed by atoms with van der Waals surface area (Å²) in [6, 6.07) is 2.18. The van der Waals surface area contributed by atoms with Crippen molar-refractivity contribution in [3.8, 4) is 6.07 Å². The van der Waals surface area contributed by atoms with E-state index in [-0.39, 0.29) is 55.0 Å². The molecule has 0 amide bonds. The van der Waals surface area contributed by atoms with Crippen molar-refractivity contribution >= 4 is 31.3 Å². The fourth-order valence-corrected chi connectivity index (χ4v) is 5.61. The summed E-state index contributed by atoms with van der Waals surface area (Å²) >= 11 is 0. The molecule has 0 bridgehead atoms. The van der Waals surface area contributed by atoms with Crippen LogP contribution < -0.4 is 11.3 Å². The summed E-state index contributed by atoms with van der Waals surface area (Å²) in [5, 5.41) is 30.3. The lowest BCUT2D eigenvalue weighted by atomic mass is 10.2. The number of nitrogens with two attached hydrogens (primary N) is 1. The Hall–Kier alpha value is -2.89. The number of anilines is 1. The van der Waals surface area contributed by atoms with Crippen molar-refractivity contribution in [2.75, 3.05) is 18.9 Å². The molecule has 15 nitrogen and oxygen atoms in total. The number of esters is 1. The van der Waals surface area contributed by atoms with Crippen LogP contribution in [-0.2, 0) is 23.3 Å². The van der Waals surface area contributed by atoms with Gasteiger partial charge in [0.25, 0.3) is 8.53 Å². The number of nitriles is 1. The van der Waals surface area contributed by atoms with Crippen molar-refractivity contribution < 1.29 is 28.5 Å². The summed E-state index contributed by atoms with van der Waals surface area (Å²) in [6.07, 6.45) is -2.02. The fraction of sp³-hybridized carbons (Fsp3) is 0.700. The van der Waals surface area contributed by atoms with Gasteiger partial charge in [-0.1, -0.05) is 10.1 Å². The zero-order chi connectivity index (χ0) is 26.6. The molecule has 1 aliphatic heterocycles. The lowest BCUT2D eigenvalue weighted by molar-refractivity contribution is -0.147. The van der Waals surface area contributed by atoms with Crippen molar-refractivity contribution in [3.05, 3.63) is 10.4 Å². The summed E-state index contributed by atoms with van der Waals surface area (Å²) in [4.78, 5) is 24.9. The van der Waals surface area contributed by atoms with Gasteiger partial charge in [-0.05, 0) is 27.7 Å². The van der Waals surface area contributed by atoms with E-state index in [1.165, 1.54) is 6.92 Å². The highest BCUT2D eigenvalue weighted by molar-refractivity contribution is 7.44. The van der Waals surface area contributed by atoms with E-state index < -0.39 is 38.5 Å². The molecule has 4 unspecified atom stereocenters. The van der Waals surface area contributed by atoms with E-state index in [1.807, 2.05) is 32.4 Å². The van der Waals surface area contributed by atoms with E-state index >= 15 is 0 Å². The largest absolute Gasteiger partial charge is 0.463 e. The molecule has 3 heterocycles. The van der Waals surface area contributed by atoms with Gasteiger partial charge in [-0.15, -0.1) is 10.2 Å². The third-order valence-corrected chi connectivity index (χ3v) is 7.47. The van der Waals surface area contributed by atoms with E-state index in [2.05, 4.69) is 21.5 Å². The van der Waals surface area contributed by atoms with E-state index in [0.29, 0.717) is 4.85 Å². The number of ether oxygens (including phenoxy) is 2. The Balaban J connectivity index is 1.91. The van der Waals surface area contributed by atoms with E-state index in [9.17, 15) is 14.8 Å². The average molecular weight is 526 g/mol. The molecule has 3 N–H and O–H groups in total. The van der Waals surface area contributed by atoms with Crippen LogP contribution in [0, 0.1) is 11.3 Å². The Kier molecular flexibility index (Phi) is 9.15. The number of fused-ring (bicyclic) bond motifs is 1. The number of aromatic nitrogens is 5. The Labute approximate surface area is 208 Å². The lowest BCUT2D eigenvalue weighted by Crippen LogP contribution is -2.36. The van der Waals surface area contributed by atoms with Crippen molar-refractivity contribution in [3.63, 3.8) is 0 Å². The van der Waals surface area contributed by atoms with Gasteiger partial charge in [0.15, 0.2) is 23.1 Å². The minimum absolute atomic E-state index is 0.0417. The van der Waals surface area contributed by atoms with Crippen molar-refractivity contribution in [1.82, 2.24) is 29.6 Å². The SMILES string of the molecule is CC(=O)OCC1OC(n2nnc3c(N)nn(O)c3c2=O)CC1OP(OCCC#N)N(C(C)C)C(C)C. The van der Waals surface area contributed by atoms with Gasteiger partial charge in [0.2, 0.25) is 0 Å². The zero-order valence-electron chi connectivity index (χ0n) is 20.8. The van der Waals surface area contributed by atoms with Gasteiger partial charge in [0.1, 0.15) is 12.7 Å². The molecule has 0 spiro atoms. The highest BCUT2D eigenvalue weighted by atomic mass is 31.2. The predicted octanol–water partition coefficient (Wildman–Crippen LogP) is 1.32. The molecule has 3 rings (SSSR count). The minimum atomic E-state index is -1.64. The molecule has 4 atom stereocenters. The molecular formula is C20H31N8O7P. The first-order chi connectivity index (χ1) is 17.0. The highest BCUT2D eigenvalue weighted by Crippen LogP contribution is 2.49. The molecule has 1 aliphatic rings. The summed E-state index contributed by atoms with van der Waals surface area (Å²) < 4.78 is 26.6. The third-order valence-electron chi connectivity index (χ3n) is 5.31. The van der Waals surface area contributed by atoms with Crippen LogP contribution in [0.3, 0.4) is 0 Å². The second-order valence-corrected chi connectivity index (χ2v) is 10.1. The molecule has 2 aromatic rings. The first kappa shape index (κ1) is 27.7. The highest BCUT2D eigenvalue weighted by Gasteiger charge is 2.43. The van der Waals surface area contributed by atoms with Crippen molar-refractivity contribution in [2.45, 2.75) is 78.0 Å². The standard InChI is InChI=1S/C20H31N8O7P/c1-11(2)27(12(3)4)36(33-8-6-7-21)35-14-9-16(34-15(14)10-32-13(5)29)26-20(30)18-17(23-25-26)19(22)24-28(18)31/h11-12,14-16,31H,6,8-10H2,1-5H3,(H2,22,24). The molecule has 198 valence electrons. The molecule has 2 aromatic heterocycles. The van der Waals surface area contributed by atoms with Gasteiger partial charge in [-0.2, -0.15) is 9.94 Å². The Morgan fingerprint density at radius 3 is 2.69 bits per heavy atom. The van der Waals surface area contributed by atoms with E-state index in [1.54, 1.807) is 0 Å². The molecule has 1 fully saturated rings. The van der Waals surface area contributed by atoms with Crippen LogP contribution >= 0.6 is 8.53 Å². The van der Waals surface area contributed by atoms with Gasteiger partial charge in [0, 0.05) is 25.4 Å². The van der Waals surface area contributed by atoms with Crippen LogP contribution in [0.25, 0.3) is 11.0 Å². The zero-order valence-corrected chi connectivity index (χ0v) is 21.7. The van der Waals surface area contributed by atoms with Gasteiger partial charge in [-0.25, -0.2) is 4.67 Å². The summed E-state index contributed by atoms with van der Waals surface area (Å²) in [5.74, 6) is -0.648. The van der Waals surface area contributed by atoms with Gasteiger partial charge in [-0.3, -0.25) is 9.59 Å². The Bertz CT molecular complexity index is 1160. The molecule has 36 heavy (non-hydrogen) atoms. The topological polar surface area (TPSA) is 193 Å². The summed E-state index contributed by atoms with van der Waals surface area (Å²) in [7, 11) is -1.64. The first-order valence-corrected chi connectivity index (χ1v) is 12.5. The minimum Gasteiger partial charge on any atom is -0.463 e. The number of hydrogen-bond acceptors (Lipinski definition) is 13. The lowest BCUT2D eigenvalue weighted by Gasteiger charge is -2.37. The predicted molar refractivity (Wildman–Crippen MR) is 126 cm³/mol. The maximum absolute atomic E-state index is 13.0. The normalized spacial score (nSPS) is 20.9. The van der Waals surface area contributed by atoms with Crippen LogP contribution in [0.15, 0.2) is 4.79 Å². The Morgan fingerprint density at radius 2 is 2.08 bits per heavy atom. The monoisotopic (exact) mass is 526 g/mol. The third kappa shape index (κ3) is 6.08. The van der Waals surface area contributed by atoms with Gasteiger partial charge >= 0.3 is 11.5 Å².